The van der Waals surface area contributed by atoms with E-state index in [9.17, 15) is 4.79 Å². The maximum atomic E-state index is 12.1. The number of hydrogen-bond acceptors (Lipinski definition) is 4. The van der Waals surface area contributed by atoms with Crippen molar-refractivity contribution in [2.75, 3.05) is 5.75 Å². The number of aromatic nitrogens is 3. The second kappa shape index (κ2) is 8.43. The fourth-order valence-corrected chi connectivity index (χ4v) is 4.33. The van der Waals surface area contributed by atoms with Crippen LogP contribution in [0.15, 0.2) is 23.4 Å². The zero-order valence-corrected chi connectivity index (χ0v) is 16.3. The van der Waals surface area contributed by atoms with Crippen LogP contribution in [0, 0.1) is 0 Å². The van der Waals surface area contributed by atoms with Crippen LogP contribution in [-0.2, 0) is 11.3 Å². The van der Waals surface area contributed by atoms with E-state index >= 15 is 0 Å². The summed E-state index contributed by atoms with van der Waals surface area (Å²) in [7, 11) is 0. The van der Waals surface area contributed by atoms with Crippen LogP contribution in [0.3, 0.4) is 0 Å². The number of nitrogens with zero attached hydrogens (tertiary/aromatic N) is 3. The molecule has 1 saturated carbocycles. The number of hydrogen-bond donors (Lipinski definition) is 1. The van der Waals surface area contributed by atoms with Crippen LogP contribution in [-0.4, -0.2) is 32.5 Å². The summed E-state index contributed by atoms with van der Waals surface area (Å²) < 4.78 is 1.96. The second-order valence-electron chi connectivity index (χ2n) is 6.01. The molecule has 1 fully saturated rings. The normalized spacial score (nSPS) is 14.8. The molecule has 0 saturated heterocycles. The number of rotatable bonds is 6. The van der Waals surface area contributed by atoms with Gasteiger partial charge in [-0.2, -0.15) is 0 Å². The third-order valence-electron chi connectivity index (χ3n) is 4.26. The van der Waals surface area contributed by atoms with Crippen molar-refractivity contribution < 1.29 is 4.79 Å². The van der Waals surface area contributed by atoms with E-state index in [1.807, 2.05) is 17.6 Å². The highest BCUT2D eigenvalue weighted by Gasteiger charge is 2.19. The lowest BCUT2D eigenvalue weighted by atomic mass is 10.2. The van der Waals surface area contributed by atoms with Crippen molar-refractivity contribution in [3.8, 4) is 11.4 Å². The second-order valence-corrected chi connectivity index (χ2v) is 7.80. The Morgan fingerprint density at radius 1 is 1.32 bits per heavy atom. The van der Waals surface area contributed by atoms with Gasteiger partial charge < -0.3 is 9.88 Å². The van der Waals surface area contributed by atoms with E-state index in [2.05, 4.69) is 15.5 Å². The molecule has 1 aliphatic carbocycles. The maximum Gasteiger partial charge on any atom is 0.230 e. The third kappa shape index (κ3) is 4.49. The van der Waals surface area contributed by atoms with Crippen LogP contribution in [0.2, 0.25) is 10.0 Å². The summed E-state index contributed by atoms with van der Waals surface area (Å²) in [5, 5.41) is 13.4. The van der Waals surface area contributed by atoms with E-state index in [1.165, 1.54) is 24.6 Å². The van der Waals surface area contributed by atoms with Gasteiger partial charge in [-0.3, -0.25) is 4.79 Å². The Hall–Kier alpha value is -1.24. The summed E-state index contributed by atoms with van der Waals surface area (Å²) >= 11 is 13.6. The molecule has 0 aliphatic heterocycles. The average molecular weight is 399 g/mol. The van der Waals surface area contributed by atoms with Gasteiger partial charge in [0.05, 0.1) is 10.8 Å². The highest BCUT2D eigenvalue weighted by Crippen LogP contribution is 2.31. The Bertz CT molecular complexity index is 759. The third-order valence-corrected chi connectivity index (χ3v) is 5.77. The lowest BCUT2D eigenvalue weighted by Crippen LogP contribution is -2.33. The highest BCUT2D eigenvalue weighted by atomic mass is 35.5. The molecule has 5 nitrogen and oxygen atoms in total. The standard InChI is InChI=1S/C17H20Cl2N4OS/c1-2-23-16(13-8-7-11(18)9-14(13)19)21-22-17(23)25-10-15(24)20-12-5-3-4-6-12/h7-9,12H,2-6,10H2,1H3,(H,20,24). The molecule has 1 N–H and O–H groups in total. The summed E-state index contributed by atoms with van der Waals surface area (Å²) in [6.07, 6.45) is 4.57. The molecule has 3 rings (SSSR count). The van der Waals surface area contributed by atoms with Gasteiger partial charge in [-0.25, -0.2) is 0 Å². The molecule has 1 aliphatic rings. The minimum Gasteiger partial charge on any atom is -0.353 e. The Labute approximate surface area is 161 Å². The molecular weight excluding hydrogens is 379 g/mol. The smallest absolute Gasteiger partial charge is 0.230 e. The molecule has 25 heavy (non-hydrogen) atoms. The molecule has 0 radical (unpaired) electrons. The molecule has 0 unspecified atom stereocenters. The largest absolute Gasteiger partial charge is 0.353 e. The van der Waals surface area contributed by atoms with Crippen LogP contribution >= 0.6 is 35.0 Å². The van der Waals surface area contributed by atoms with E-state index in [0.29, 0.717) is 39.4 Å². The van der Waals surface area contributed by atoms with E-state index < -0.39 is 0 Å². The summed E-state index contributed by atoms with van der Waals surface area (Å²) in [6.45, 7) is 2.70. The van der Waals surface area contributed by atoms with Gasteiger partial charge in [-0.05, 0) is 38.0 Å². The minimum atomic E-state index is 0.0497. The first-order chi connectivity index (χ1) is 12.1. The molecule has 8 heteroatoms. The predicted molar refractivity (Wildman–Crippen MR) is 102 cm³/mol. The molecule has 1 heterocycles. The summed E-state index contributed by atoms with van der Waals surface area (Å²) in [4.78, 5) is 12.1. The number of carbonyl (C=O) groups is 1. The monoisotopic (exact) mass is 398 g/mol. The number of thioether (sulfide) groups is 1. The number of halogens is 2. The number of carbonyl (C=O) groups excluding carboxylic acids is 1. The van der Waals surface area contributed by atoms with Gasteiger partial charge in [-0.1, -0.05) is 47.8 Å². The lowest BCUT2D eigenvalue weighted by Gasteiger charge is -2.12. The van der Waals surface area contributed by atoms with Crippen LogP contribution in [0.1, 0.15) is 32.6 Å². The quantitative estimate of drug-likeness (QED) is 0.731. The Morgan fingerprint density at radius 2 is 2.08 bits per heavy atom. The van der Waals surface area contributed by atoms with Crippen molar-refractivity contribution in [3.63, 3.8) is 0 Å². The van der Waals surface area contributed by atoms with Crippen LogP contribution in [0.25, 0.3) is 11.4 Å². The number of benzene rings is 1. The molecule has 0 spiro atoms. The van der Waals surface area contributed by atoms with Crippen molar-refractivity contribution in [1.29, 1.82) is 0 Å². The molecule has 2 aromatic rings. The van der Waals surface area contributed by atoms with E-state index in [-0.39, 0.29) is 5.91 Å². The van der Waals surface area contributed by atoms with Gasteiger partial charge in [0, 0.05) is 23.2 Å². The summed E-state index contributed by atoms with van der Waals surface area (Å²) in [6, 6.07) is 5.64. The Morgan fingerprint density at radius 3 is 2.76 bits per heavy atom. The first kappa shape index (κ1) is 18.5. The topological polar surface area (TPSA) is 59.8 Å². The Balaban J connectivity index is 1.70. The zero-order chi connectivity index (χ0) is 17.8. The van der Waals surface area contributed by atoms with Crippen molar-refractivity contribution >= 4 is 40.9 Å². The summed E-state index contributed by atoms with van der Waals surface area (Å²) in [5.41, 5.74) is 0.780. The molecule has 0 bridgehead atoms. The fourth-order valence-electron chi connectivity index (χ4n) is 3.02. The van der Waals surface area contributed by atoms with Gasteiger partial charge in [0.2, 0.25) is 5.91 Å². The van der Waals surface area contributed by atoms with Crippen molar-refractivity contribution in [3.05, 3.63) is 28.2 Å². The van der Waals surface area contributed by atoms with Crippen LogP contribution in [0.5, 0.6) is 0 Å². The van der Waals surface area contributed by atoms with E-state index in [1.54, 1.807) is 12.1 Å². The van der Waals surface area contributed by atoms with Crippen molar-refractivity contribution in [1.82, 2.24) is 20.1 Å². The minimum absolute atomic E-state index is 0.0497. The molecule has 0 atom stereocenters. The van der Waals surface area contributed by atoms with E-state index in [4.69, 9.17) is 23.2 Å². The zero-order valence-electron chi connectivity index (χ0n) is 14.0. The van der Waals surface area contributed by atoms with E-state index in [0.717, 1.165) is 18.4 Å². The van der Waals surface area contributed by atoms with Gasteiger partial charge in [0.1, 0.15) is 0 Å². The summed E-state index contributed by atoms with van der Waals surface area (Å²) in [5.74, 6) is 1.07. The Kier molecular flexibility index (Phi) is 6.25. The SMILES string of the molecule is CCn1c(SCC(=O)NC2CCCC2)nnc1-c1ccc(Cl)cc1Cl. The molecule has 134 valence electrons. The van der Waals surface area contributed by atoms with Crippen molar-refractivity contribution in [2.24, 2.45) is 0 Å². The maximum absolute atomic E-state index is 12.1. The van der Waals surface area contributed by atoms with Crippen LogP contribution < -0.4 is 5.32 Å². The fraction of sp³-hybridized carbons (Fsp3) is 0.471. The van der Waals surface area contributed by atoms with Gasteiger partial charge in [-0.15, -0.1) is 10.2 Å². The first-order valence-electron chi connectivity index (χ1n) is 8.39. The molecule has 1 aromatic carbocycles. The van der Waals surface area contributed by atoms with Crippen molar-refractivity contribution in [2.45, 2.75) is 50.4 Å². The average Bonchev–Trinajstić information content (AvgIpc) is 3.22. The number of nitrogens with one attached hydrogen (secondary N) is 1. The number of amides is 1. The predicted octanol–water partition coefficient (Wildman–Crippen LogP) is 4.42. The van der Waals surface area contributed by atoms with Gasteiger partial charge in [0.15, 0.2) is 11.0 Å². The molecular formula is C17H20Cl2N4OS. The van der Waals surface area contributed by atoms with Crippen LogP contribution in [0.4, 0.5) is 0 Å². The molecule has 1 aromatic heterocycles. The molecule has 1 amide bonds. The lowest BCUT2D eigenvalue weighted by molar-refractivity contribution is -0.119. The van der Waals surface area contributed by atoms with Gasteiger partial charge >= 0.3 is 0 Å². The highest BCUT2D eigenvalue weighted by molar-refractivity contribution is 7.99. The van der Waals surface area contributed by atoms with Gasteiger partial charge in [0.25, 0.3) is 0 Å². The first-order valence-corrected chi connectivity index (χ1v) is 10.1.